The topological polar surface area (TPSA) is 55.1 Å². The van der Waals surface area contributed by atoms with Crippen LogP contribution in [0.25, 0.3) is 16.9 Å². The Hall–Kier alpha value is -2.60. The largest absolute Gasteiger partial charge is 0.476 e. The van der Waals surface area contributed by atoms with Crippen LogP contribution in [0.2, 0.25) is 0 Å². The molecule has 0 aliphatic carbocycles. The molecule has 6 heteroatoms. The van der Waals surface area contributed by atoms with Crippen molar-refractivity contribution in [2.45, 2.75) is 18.2 Å². The molecule has 0 fully saturated rings. The van der Waals surface area contributed by atoms with Crippen LogP contribution >= 0.6 is 11.8 Å². The van der Waals surface area contributed by atoms with Gasteiger partial charge in [0, 0.05) is 16.0 Å². The zero-order valence-electron chi connectivity index (χ0n) is 13.9. The van der Waals surface area contributed by atoms with Gasteiger partial charge < -0.3 is 5.11 Å². The first-order valence-electron chi connectivity index (χ1n) is 7.80. The summed E-state index contributed by atoms with van der Waals surface area (Å²) in [6.45, 7) is 1.89. The first kappa shape index (κ1) is 17.2. The molecule has 0 aliphatic heterocycles. The number of hydrogen-bond acceptors (Lipinski definition) is 3. The molecule has 0 spiro atoms. The molecule has 4 nitrogen and oxygen atoms in total. The van der Waals surface area contributed by atoms with Crippen molar-refractivity contribution in [2.75, 3.05) is 6.26 Å². The Kier molecular flexibility index (Phi) is 4.90. The van der Waals surface area contributed by atoms with Crippen molar-refractivity contribution < 1.29 is 14.3 Å². The molecule has 128 valence electrons. The molecule has 25 heavy (non-hydrogen) atoms. The van der Waals surface area contributed by atoms with Gasteiger partial charge in [-0.2, -0.15) is 5.10 Å². The predicted octanol–water partition coefficient (Wildman–Crippen LogP) is 4.66. The van der Waals surface area contributed by atoms with Gasteiger partial charge in [-0.25, -0.2) is 13.9 Å². The average Bonchev–Trinajstić information content (AvgIpc) is 3.02. The van der Waals surface area contributed by atoms with Crippen molar-refractivity contribution in [1.29, 1.82) is 0 Å². The first-order chi connectivity index (χ1) is 12.0. The lowest BCUT2D eigenvalue weighted by Gasteiger charge is -2.10. The number of halogens is 1. The Labute approximate surface area is 149 Å². The third-order valence-corrected chi connectivity index (χ3v) is 4.72. The fourth-order valence-corrected chi connectivity index (χ4v) is 3.18. The number of rotatable bonds is 5. The van der Waals surface area contributed by atoms with Gasteiger partial charge in [-0.15, -0.1) is 11.8 Å². The monoisotopic (exact) mass is 356 g/mol. The molecule has 3 aromatic rings. The second-order valence-corrected chi connectivity index (χ2v) is 6.33. The Morgan fingerprint density at radius 3 is 2.32 bits per heavy atom. The molecule has 3 rings (SSSR count). The standard InChI is InChI=1S/C19H17FN2O2S/c1-3-16-17(19(23)24)21-22(14-8-10-15(25-2)11-9-14)18(16)12-4-6-13(20)7-5-12/h4-11H,3H2,1-2H3,(H,23,24). The Balaban J connectivity index is 2.25. The maximum absolute atomic E-state index is 13.3. The highest BCUT2D eigenvalue weighted by molar-refractivity contribution is 7.98. The second kappa shape index (κ2) is 7.11. The smallest absolute Gasteiger partial charge is 0.356 e. The normalized spacial score (nSPS) is 10.8. The molecule has 0 atom stereocenters. The van der Waals surface area contributed by atoms with E-state index in [1.54, 1.807) is 28.6 Å². The Bertz CT molecular complexity index is 902. The van der Waals surface area contributed by atoms with Gasteiger partial charge in [0.2, 0.25) is 0 Å². The van der Waals surface area contributed by atoms with Crippen LogP contribution in [0.3, 0.4) is 0 Å². The summed E-state index contributed by atoms with van der Waals surface area (Å²) < 4.78 is 14.9. The van der Waals surface area contributed by atoms with E-state index >= 15 is 0 Å². The molecule has 0 saturated heterocycles. The molecule has 0 amide bonds. The predicted molar refractivity (Wildman–Crippen MR) is 97.1 cm³/mol. The molecule has 0 aliphatic rings. The van der Waals surface area contributed by atoms with Gasteiger partial charge in [-0.1, -0.05) is 6.92 Å². The highest BCUT2D eigenvalue weighted by atomic mass is 32.2. The van der Waals surface area contributed by atoms with Gasteiger partial charge in [0.25, 0.3) is 0 Å². The summed E-state index contributed by atoms with van der Waals surface area (Å²) in [5, 5.41) is 13.8. The number of nitrogens with zero attached hydrogens (tertiary/aromatic N) is 2. The molecule has 1 aromatic heterocycles. The van der Waals surface area contributed by atoms with E-state index in [0.717, 1.165) is 16.1 Å². The number of carboxylic acid groups (broad SMARTS) is 1. The molecule has 2 aromatic carbocycles. The van der Waals surface area contributed by atoms with Crippen LogP contribution < -0.4 is 0 Å². The minimum atomic E-state index is -1.07. The number of hydrogen-bond donors (Lipinski definition) is 1. The summed E-state index contributed by atoms with van der Waals surface area (Å²) >= 11 is 1.63. The molecule has 0 unspecified atom stereocenters. The van der Waals surface area contributed by atoms with E-state index in [2.05, 4.69) is 5.10 Å². The fraction of sp³-hybridized carbons (Fsp3) is 0.158. The SMILES string of the molecule is CCc1c(C(=O)O)nn(-c2ccc(SC)cc2)c1-c1ccc(F)cc1. The summed E-state index contributed by atoms with van der Waals surface area (Å²) in [6.07, 6.45) is 2.50. The molecular weight excluding hydrogens is 339 g/mol. The summed E-state index contributed by atoms with van der Waals surface area (Å²) in [7, 11) is 0. The number of thioether (sulfide) groups is 1. The maximum Gasteiger partial charge on any atom is 0.356 e. The number of aromatic carboxylic acids is 1. The van der Waals surface area contributed by atoms with Crippen molar-refractivity contribution in [1.82, 2.24) is 9.78 Å². The maximum atomic E-state index is 13.3. The van der Waals surface area contributed by atoms with Gasteiger partial charge in [-0.05, 0) is 61.2 Å². The van der Waals surface area contributed by atoms with Gasteiger partial charge in [-0.3, -0.25) is 0 Å². The van der Waals surface area contributed by atoms with Crippen LogP contribution in [0.4, 0.5) is 4.39 Å². The van der Waals surface area contributed by atoms with E-state index in [9.17, 15) is 14.3 Å². The molecule has 0 radical (unpaired) electrons. The number of carbonyl (C=O) groups is 1. The van der Waals surface area contributed by atoms with Crippen molar-refractivity contribution in [3.05, 3.63) is 65.6 Å². The van der Waals surface area contributed by atoms with Crippen LogP contribution in [-0.4, -0.2) is 27.1 Å². The van der Waals surface area contributed by atoms with E-state index in [1.807, 2.05) is 37.4 Å². The van der Waals surface area contributed by atoms with Crippen molar-refractivity contribution in [2.24, 2.45) is 0 Å². The van der Waals surface area contributed by atoms with E-state index in [1.165, 1.54) is 12.1 Å². The third-order valence-electron chi connectivity index (χ3n) is 3.97. The van der Waals surface area contributed by atoms with Crippen molar-refractivity contribution in [3.63, 3.8) is 0 Å². The van der Waals surface area contributed by atoms with E-state index in [0.29, 0.717) is 17.7 Å². The van der Waals surface area contributed by atoms with Crippen LogP contribution in [0, 0.1) is 5.82 Å². The van der Waals surface area contributed by atoms with E-state index in [4.69, 9.17) is 0 Å². The Morgan fingerprint density at radius 1 is 1.16 bits per heavy atom. The minimum Gasteiger partial charge on any atom is -0.476 e. The van der Waals surface area contributed by atoms with E-state index < -0.39 is 5.97 Å². The van der Waals surface area contributed by atoms with Crippen LogP contribution in [0.15, 0.2) is 53.4 Å². The summed E-state index contributed by atoms with van der Waals surface area (Å²) in [4.78, 5) is 12.7. The lowest BCUT2D eigenvalue weighted by Crippen LogP contribution is -2.02. The lowest BCUT2D eigenvalue weighted by molar-refractivity contribution is 0.0689. The van der Waals surface area contributed by atoms with Gasteiger partial charge in [0.05, 0.1) is 11.4 Å². The average molecular weight is 356 g/mol. The Morgan fingerprint density at radius 2 is 1.80 bits per heavy atom. The number of benzene rings is 2. The molecule has 0 saturated carbocycles. The highest BCUT2D eigenvalue weighted by Crippen LogP contribution is 2.30. The quantitative estimate of drug-likeness (QED) is 0.676. The molecule has 0 bridgehead atoms. The molecule has 1 N–H and O–H groups in total. The summed E-state index contributed by atoms with van der Waals surface area (Å²) in [5.74, 6) is -1.41. The van der Waals surface area contributed by atoms with Gasteiger partial charge in [0.15, 0.2) is 5.69 Å². The van der Waals surface area contributed by atoms with Crippen molar-refractivity contribution in [3.8, 4) is 16.9 Å². The van der Waals surface area contributed by atoms with Gasteiger partial charge >= 0.3 is 5.97 Å². The van der Waals surface area contributed by atoms with Gasteiger partial charge in [0.1, 0.15) is 5.82 Å². The second-order valence-electron chi connectivity index (χ2n) is 5.45. The molecule has 1 heterocycles. The van der Waals surface area contributed by atoms with Crippen LogP contribution in [-0.2, 0) is 6.42 Å². The number of aromatic nitrogens is 2. The minimum absolute atomic E-state index is 0.0239. The summed E-state index contributed by atoms with van der Waals surface area (Å²) in [5.41, 5.74) is 2.83. The van der Waals surface area contributed by atoms with Crippen LogP contribution in [0.5, 0.6) is 0 Å². The first-order valence-corrected chi connectivity index (χ1v) is 9.03. The summed E-state index contributed by atoms with van der Waals surface area (Å²) in [6, 6.07) is 13.7. The zero-order valence-corrected chi connectivity index (χ0v) is 14.7. The zero-order chi connectivity index (χ0) is 18.0. The lowest BCUT2D eigenvalue weighted by atomic mass is 10.0. The third kappa shape index (κ3) is 3.30. The molecular formula is C19H17FN2O2S. The number of carboxylic acids is 1. The van der Waals surface area contributed by atoms with Crippen LogP contribution in [0.1, 0.15) is 23.0 Å². The van der Waals surface area contributed by atoms with Crippen molar-refractivity contribution >= 4 is 17.7 Å². The fourth-order valence-electron chi connectivity index (χ4n) is 2.77. The highest BCUT2D eigenvalue weighted by Gasteiger charge is 2.23. The van der Waals surface area contributed by atoms with E-state index in [-0.39, 0.29) is 11.5 Å².